The average Bonchev–Trinajstić information content (AvgIpc) is 2.68. The van der Waals surface area contributed by atoms with Crippen LogP contribution in [0.5, 0.6) is 0 Å². The average molecular weight is 391 g/mol. The molecule has 152 valence electrons. The van der Waals surface area contributed by atoms with Crippen molar-refractivity contribution in [1.82, 2.24) is 20.6 Å². The normalized spacial score (nSPS) is 15.6. The predicted molar refractivity (Wildman–Crippen MR) is 103 cm³/mol. The first kappa shape index (κ1) is 21.3. The van der Waals surface area contributed by atoms with Gasteiger partial charge in [-0.15, -0.1) is 0 Å². The molecule has 9 heteroatoms. The fourth-order valence-electron chi connectivity index (χ4n) is 2.89. The standard InChI is InChI=1S/C19H26FN5O3/c1-21-8-3-5-15(20)9-19(6-4-7-19)13-25-18-23-10-14(11-24-18)17(27)22-12-16(26)28-2/h3,5,8,10-11,21H,4,6-7,9,12-13H2,1-2H3,(H,22,27)(H,23,24,25)/b8-3-,15-5+. The lowest BCUT2D eigenvalue weighted by molar-refractivity contribution is -0.139. The van der Waals surface area contributed by atoms with E-state index in [1.807, 2.05) is 0 Å². The van der Waals surface area contributed by atoms with Crippen LogP contribution >= 0.6 is 0 Å². The van der Waals surface area contributed by atoms with Gasteiger partial charge in [0.15, 0.2) is 0 Å². The molecule has 1 saturated carbocycles. The van der Waals surface area contributed by atoms with Crippen molar-refractivity contribution in [2.45, 2.75) is 25.7 Å². The number of nitrogens with zero attached hydrogens (tertiary/aromatic N) is 2. The van der Waals surface area contributed by atoms with Crippen LogP contribution in [0.15, 0.2) is 36.6 Å². The van der Waals surface area contributed by atoms with Crippen molar-refractivity contribution in [3.63, 3.8) is 0 Å². The van der Waals surface area contributed by atoms with E-state index < -0.39 is 11.9 Å². The predicted octanol–water partition coefficient (Wildman–Crippen LogP) is 1.94. The monoisotopic (exact) mass is 391 g/mol. The van der Waals surface area contributed by atoms with Gasteiger partial charge in [0, 0.05) is 32.4 Å². The molecule has 0 aliphatic heterocycles. The third-order valence-corrected chi connectivity index (χ3v) is 4.65. The summed E-state index contributed by atoms with van der Waals surface area (Å²) < 4.78 is 18.6. The van der Waals surface area contributed by atoms with Crippen molar-refractivity contribution in [2.24, 2.45) is 5.41 Å². The van der Waals surface area contributed by atoms with Crippen LogP contribution in [-0.4, -0.2) is 49.1 Å². The molecule has 1 heterocycles. The summed E-state index contributed by atoms with van der Waals surface area (Å²) in [7, 11) is 3.00. The van der Waals surface area contributed by atoms with Crippen molar-refractivity contribution in [3.8, 4) is 0 Å². The Bertz CT molecular complexity index is 730. The van der Waals surface area contributed by atoms with E-state index in [0.29, 0.717) is 18.9 Å². The summed E-state index contributed by atoms with van der Waals surface area (Å²) in [4.78, 5) is 31.2. The van der Waals surface area contributed by atoms with Gasteiger partial charge in [0.1, 0.15) is 12.4 Å². The van der Waals surface area contributed by atoms with Crippen LogP contribution < -0.4 is 16.0 Å². The third-order valence-electron chi connectivity index (χ3n) is 4.65. The largest absolute Gasteiger partial charge is 0.468 e. The van der Waals surface area contributed by atoms with E-state index in [2.05, 4.69) is 30.7 Å². The van der Waals surface area contributed by atoms with Gasteiger partial charge < -0.3 is 20.7 Å². The van der Waals surface area contributed by atoms with Gasteiger partial charge >= 0.3 is 5.97 Å². The molecule has 28 heavy (non-hydrogen) atoms. The number of allylic oxidation sites excluding steroid dienone is 3. The lowest BCUT2D eigenvalue weighted by Crippen LogP contribution is -2.37. The molecule has 1 aliphatic carbocycles. The van der Waals surface area contributed by atoms with E-state index >= 15 is 0 Å². The number of aromatic nitrogens is 2. The zero-order valence-corrected chi connectivity index (χ0v) is 16.1. The number of esters is 1. The second-order valence-corrected chi connectivity index (χ2v) is 6.70. The number of carbonyl (C=O) groups is 2. The molecule has 1 aromatic heterocycles. The van der Waals surface area contributed by atoms with E-state index in [-0.39, 0.29) is 23.4 Å². The molecule has 3 N–H and O–H groups in total. The summed E-state index contributed by atoms with van der Waals surface area (Å²) in [5, 5.41) is 8.36. The molecule has 1 amide bonds. The second kappa shape index (κ2) is 10.4. The highest BCUT2D eigenvalue weighted by molar-refractivity contribution is 5.95. The van der Waals surface area contributed by atoms with Crippen molar-refractivity contribution in [1.29, 1.82) is 0 Å². The van der Waals surface area contributed by atoms with E-state index in [1.54, 1.807) is 19.3 Å². The van der Waals surface area contributed by atoms with Crippen LogP contribution in [0.25, 0.3) is 0 Å². The summed E-state index contributed by atoms with van der Waals surface area (Å²) in [6.07, 6.45) is 10.8. The van der Waals surface area contributed by atoms with Crippen LogP contribution in [-0.2, 0) is 9.53 Å². The molecule has 0 unspecified atom stereocenters. The lowest BCUT2D eigenvalue weighted by atomic mass is 9.66. The molecule has 1 aromatic rings. The van der Waals surface area contributed by atoms with Gasteiger partial charge in [0.05, 0.1) is 12.7 Å². The first-order chi connectivity index (χ1) is 13.5. The summed E-state index contributed by atoms with van der Waals surface area (Å²) in [6.45, 7) is 0.332. The topological polar surface area (TPSA) is 105 Å². The molecule has 2 rings (SSSR count). The quantitative estimate of drug-likeness (QED) is 0.413. The Morgan fingerprint density at radius 2 is 2.04 bits per heavy atom. The molecule has 0 aromatic carbocycles. The maximum atomic E-state index is 14.1. The number of amides is 1. The Balaban J connectivity index is 1.87. The highest BCUT2D eigenvalue weighted by Crippen LogP contribution is 2.46. The smallest absolute Gasteiger partial charge is 0.325 e. The Labute approximate surface area is 163 Å². The van der Waals surface area contributed by atoms with Gasteiger partial charge in [-0.2, -0.15) is 0 Å². The number of carbonyl (C=O) groups excluding carboxylic acids is 2. The van der Waals surface area contributed by atoms with Gasteiger partial charge in [-0.05, 0) is 36.6 Å². The summed E-state index contributed by atoms with van der Waals surface area (Å²) in [5.74, 6) is -0.794. The van der Waals surface area contributed by atoms with E-state index in [1.165, 1.54) is 25.6 Å². The number of anilines is 1. The zero-order chi connectivity index (χ0) is 20.4. The highest BCUT2D eigenvalue weighted by Gasteiger charge is 2.37. The van der Waals surface area contributed by atoms with Crippen LogP contribution in [0.1, 0.15) is 36.0 Å². The highest BCUT2D eigenvalue weighted by atomic mass is 19.1. The van der Waals surface area contributed by atoms with Gasteiger partial charge in [0.2, 0.25) is 5.95 Å². The van der Waals surface area contributed by atoms with Gasteiger partial charge in [-0.1, -0.05) is 6.42 Å². The summed E-state index contributed by atoms with van der Waals surface area (Å²) in [5.41, 5.74) is 0.0895. The minimum absolute atomic E-state index is 0.145. The van der Waals surface area contributed by atoms with Crippen molar-refractivity contribution < 1.29 is 18.7 Å². The summed E-state index contributed by atoms with van der Waals surface area (Å²) in [6, 6.07) is 0. The lowest BCUT2D eigenvalue weighted by Gasteiger charge is -2.41. The first-order valence-electron chi connectivity index (χ1n) is 9.07. The first-order valence-corrected chi connectivity index (χ1v) is 9.07. The number of methoxy groups -OCH3 is 1. The van der Waals surface area contributed by atoms with Gasteiger partial charge in [-0.25, -0.2) is 14.4 Å². The Kier molecular flexibility index (Phi) is 7.91. The van der Waals surface area contributed by atoms with Crippen LogP contribution in [0.3, 0.4) is 0 Å². The van der Waals surface area contributed by atoms with Crippen molar-refractivity contribution in [3.05, 3.63) is 42.1 Å². The minimum Gasteiger partial charge on any atom is -0.468 e. The fourth-order valence-corrected chi connectivity index (χ4v) is 2.89. The molecule has 0 atom stereocenters. The van der Waals surface area contributed by atoms with Gasteiger partial charge in [0.25, 0.3) is 5.91 Å². The SMILES string of the molecule is CN/C=C\C=C(\F)CC1(CNc2ncc(C(=O)NCC(=O)OC)cn2)CCC1. The fraction of sp³-hybridized carbons (Fsp3) is 0.474. The van der Waals surface area contributed by atoms with Gasteiger partial charge in [-0.3, -0.25) is 9.59 Å². The van der Waals surface area contributed by atoms with Crippen molar-refractivity contribution in [2.75, 3.05) is 32.6 Å². The number of hydrogen-bond donors (Lipinski definition) is 3. The molecule has 1 aliphatic rings. The number of halogens is 1. The number of hydrogen-bond acceptors (Lipinski definition) is 7. The molecular weight excluding hydrogens is 365 g/mol. The zero-order valence-electron chi connectivity index (χ0n) is 16.1. The van der Waals surface area contributed by atoms with Crippen molar-refractivity contribution >= 4 is 17.8 Å². The second-order valence-electron chi connectivity index (χ2n) is 6.70. The van der Waals surface area contributed by atoms with E-state index in [4.69, 9.17) is 0 Å². The Morgan fingerprint density at radius 1 is 1.32 bits per heavy atom. The molecule has 0 radical (unpaired) electrons. The molecule has 1 fully saturated rings. The van der Waals surface area contributed by atoms with Crippen LogP contribution in [0.2, 0.25) is 0 Å². The summed E-state index contributed by atoms with van der Waals surface area (Å²) >= 11 is 0. The number of rotatable bonds is 10. The molecule has 0 saturated heterocycles. The minimum atomic E-state index is -0.541. The number of nitrogens with one attached hydrogen (secondary N) is 3. The molecule has 8 nitrogen and oxygen atoms in total. The Morgan fingerprint density at radius 3 is 2.61 bits per heavy atom. The maximum absolute atomic E-state index is 14.1. The molecular formula is C19H26FN5O3. The van der Waals surface area contributed by atoms with Crippen LogP contribution in [0.4, 0.5) is 10.3 Å². The van der Waals surface area contributed by atoms with Crippen LogP contribution in [0, 0.1) is 5.41 Å². The third kappa shape index (κ3) is 6.33. The van der Waals surface area contributed by atoms with E-state index in [0.717, 1.165) is 19.3 Å². The Hall–Kier alpha value is -2.97. The molecule has 0 spiro atoms. The van der Waals surface area contributed by atoms with E-state index in [9.17, 15) is 14.0 Å². The number of ether oxygens (including phenoxy) is 1. The maximum Gasteiger partial charge on any atom is 0.325 e. The molecule has 0 bridgehead atoms.